The normalized spacial score (nSPS) is 10.4. The highest BCUT2D eigenvalue weighted by atomic mass is 35.5. The van der Waals surface area contributed by atoms with Gasteiger partial charge in [0.1, 0.15) is 6.54 Å². The van der Waals surface area contributed by atoms with Crippen LogP contribution in [0.4, 0.5) is 0 Å². The van der Waals surface area contributed by atoms with Gasteiger partial charge >= 0.3 is 0 Å². The Morgan fingerprint density at radius 3 is 2.74 bits per heavy atom. The zero-order valence-corrected chi connectivity index (χ0v) is 11.0. The van der Waals surface area contributed by atoms with Gasteiger partial charge in [0.15, 0.2) is 0 Å². The number of halogens is 1. The van der Waals surface area contributed by atoms with Crippen LogP contribution in [-0.2, 0) is 24.4 Å². The summed E-state index contributed by atoms with van der Waals surface area (Å²) in [5, 5.41) is 11.1. The number of aromatic nitrogens is 3. The van der Waals surface area contributed by atoms with Crippen molar-refractivity contribution in [1.29, 1.82) is 0 Å². The highest BCUT2D eigenvalue weighted by Crippen LogP contribution is 2.09. The zero-order valence-electron chi connectivity index (χ0n) is 10.2. The lowest BCUT2D eigenvalue weighted by atomic mass is 10.2. The van der Waals surface area contributed by atoms with Crippen molar-refractivity contribution in [3.63, 3.8) is 0 Å². The third kappa shape index (κ3) is 4.04. The van der Waals surface area contributed by atoms with Crippen molar-refractivity contribution in [3.05, 3.63) is 46.7 Å². The molecule has 0 atom stereocenters. The zero-order chi connectivity index (χ0) is 13.7. The molecule has 1 heterocycles. The third-order valence-electron chi connectivity index (χ3n) is 2.50. The molecule has 100 valence electrons. The number of benzene rings is 1. The predicted octanol–water partition coefficient (Wildman–Crippen LogP) is 0.707. The Bertz CT molecular complexity index is 552. The first kappa shape index (κ1) is 13.5. The topological polar surface area (TPSA) is 85.8 Å². The molecule has 2 aromatic rings. The Labute approximate surface area is 115 Å². The molecule has 0 saturated carbocycles. The molecule has 19 heavy (non-hydrogen) atoms. The molecule has 0 aliphatic rings. The number of hydrogen-bond acceptors (Lipinski definition) is 4. The van der Waals surface area contributed by atoms with E-state index in [1.165, 1.54) is 4.68 Å². The minimum atomic E-state index is -0.136. The van der Waals surface area contributed by atoms with E-state index in [1.54, 1.807) is 18.3 Å². The molecule has 7 heteroatoms. The maximum Gasteiger partial charge on any atom is 0.242 e. The molecule has 0 aliphatic heterocycles. The molecule has 1 amide bonds. The van der Waals surface area contributed by atoms with Gasteiger partial charge in [-0.3, -0.25) is 4.79 Å². The van der Waals surface area contributed by atoms with Gasteiger partial charge in [0.25, 0.3) is 0 Å². The summed E-state index contributed by atoms with van der Waals surface area (Å²) in [5.74, 6) is -0.136. The number of nitrogens with two attached hydrogens (primary N) is 1. The van der Waals surface area contributed by atoms with Crippen LogP contribution >= 0.6 is 11.6 Å². The van der Waals surface area contributed by atoms with E-state index < -0.39 is 0 Å². The molecule has 0 aliphatic carbocycles. The molecule has 3 N–H and O–H groups in total. The van der Waals surface area contributed by atoms with E-state index in [-0.39, 0.29) is 12.5 Å². The number of nitrogens with one attached hydrogen (secondary N) is 1. The highest BCUT2D eigenvalue weighted by molar-refractivity contribution is 6.30. The lowest BCUT2D eigenvalue weighted by Crippen LogP contribution is -2.27. The van der Waals surface area contributed by atoms with Crippen molar-refractivity contribution in [3.8, 4) is 0 Å². The molecule has 6 nitrogen and oxygen atoms in total. The molecule has 0 fully saturated rings. The van der Waals surface area contributed by atoms with Crippen LogP contribution in [0.2, 0.25) is 5.02 Å². The first-order valence-electron chi connectivity index (χ1n) is 5.77. The Balaban J connectivity index is 1.82. The summed E-state index contributed by atoms with van der Waals surface area (Å²) < 4.78 is 1.46. The fourth-order valence-corrected chi connectivity index (χ4v) is 1.64. The van der Waals surface area contributed by atoms with E-state index in [0.717, 1.165) is 5.56 Å². The molecular weight excluding hydrogens is 266 g/mol. The largest absolute Gasteiger partial charge is 0.350 e. The third-order valence-corrected chi connectivity index (χ3v) is 2.76. The van der Waals surface area contributed by atoms with Crippen LogP contribution in [-0.4, -0.2) is 20.9 Å². The van der Waals surface area contributed by atoms with Crippen LogP contribution in [0.5, 0.6) is 0 Å². The van der Waals surface area contributed by atoms with Crippen molar-refractivity contribution in [2.24, 2.45) is 5.73 Å². The lowest BCUT2D eigenvalue weighted by Gasteiger charge is -2.05. The van der Waals surface area contributed by atoms with Gasteiger partial charge < -0.3 is 11.1 Å². The number of carbonyl (C=O) groups excluding carboxylic acids is 1. The first-order chi connectivity index (χ1) is 9.17. The van der Waals surface area contributed by atoms with Crippen molar-refractivity contribution in [2.45, 2.75) is 19.6 Å². The molecule has 0 saturated heterocycles. The summed E-state index contributed by atoms with van der Waals surface area (Å²) in [6.07, 6.45) is 1.65. The van der Waals surface area contributed by atoms with E-state index in [9.17, 15) is 4.79 Å². The summed E-state index contributed by atoms with van der Waals surface area (Å²) >= 11 is 5.78. The van der Waals surface area contributed by atoms with E-state index in [2.05, 4.69) is 15.6 Å². The van der Waals surface area contributed by atoms with Crippen molar-refractivity contribution >= 4 is 17.5 Å². The summed E-state index contributed by atoms with van der Waals surface area (Å²) in [6.45, 7) is 0.890. The highest BCUT2D eigenvalue weighted by Gasteiger charge is 2.05. The fraction of sp³-hybridized carbons (Fsp3) is 0.250. The standard InChI is InChI=1S/C12H14ClN5O/c13-10-3-1-9(2-4-10)6-15-12(19)8-18-7-11(5-14)16-17-18/h1-4,7H,5-6,8,14H2,(H,15,19). The van der Waals surface area contributed by atoms with Crippen LogP contribution in [0, 0.1) is 0 Å². The van der Waals surface area contributed by atoms with Gasteiger partial charge in [0, 0.05) is 18.1 Å². The smallest absolute Gasteiger partial charge is 0.242 e. The molecule has 0 unspecified atom stereocenters. The van der Waals surface area contributed by atoms with Crippen LogP contribution in [0.1, 0.15) is 11.3 Å². The van der Waals surface area contributed by atoms with E-state index >= 15 is 0 Å². The number of amides is 1. The Morgan fingerprint density at radius 2 is 2.11 bits per heavy atom. The van der Waals surface area contributed by atoms with Gasteiger partial charge in [0.2, 0.25) is 5.91 Å². The molecule has 0 radical (unpaired) electrons. The predicted molar refractivity (Wildman–Crippen MR) is 71.2 cm³/mol. The molecule has 2 rings (SSSR count). The van der Waals surface area contributed by atoms with E-state index in [0.29, 0.717) is 23.8 Å². The van der Waals surface area contributed by atoms with Crippen LogP contribution < -0.4 is 11.1 Å². The second kappa shape index (κ2) is 6.31. The van der Waals surface area contributed by atoms with Crippen molar-refractivity contribution in [1.82, 2.24) is 20.3 Å². The number of rotatable bonds is 5. The molecule has 0 bridgehead atoms. The number of hydrogen-bond donors (Lipinski definition) is 2. The summed E-state index contributed by atoms with van der Waals surface area (Å²) in [6, 6.07) is 7.30. The SMILES string of the molecule is NCc1cn(CC(=O)NCc2ccc(Cl)cc2)nn1. The molecular formula is C12H14ClN5O. The Morgan fingerprint density at radius 1 is 1.37 bits per heavy atom. The quantitative estimate of drug-likeness (QED) is 0.844. The van der Waals surface area contributed by atoms with Gasteiger partial charge in [-0.05, 0) is 17.7 Å². The molecule has 0 spiro atoms. The van der Waals surface area contributed by atoms with Gasteiger partial charge in [0.05, 0.1) is 11.9 Å². The number of nitrogens with zero attached hydrogens (tertiary/aromatic N) is 3. The lowest BCUT2D eigenvalue weighted by molar-refractivity contribution is -0.122. The van der Waals surface area contributed by atoms with Crippen LogP contribution in [0.25, 0.3) is 0 Å². The summed E-state index contributed by atoms with van der Waals surface area (Å²) in [5.41, 5.74) is 7.06. The average Bonchev–Trinajstić information content (AvgIpc) is 2.86. The minimum absolute atomic E-state index is 0.126. The van der Waals surface area contributed by atoms with Gasteiger partial charge in [-0.15, -0.1) is 5.10 Å². The first-order valence-corrected chi connectivity index (χ1v) is 6.15. The average molecular weight is 280 g/mol. The van der Waals surface area contributed by atoms with Crippen molar-refractivity contribution in [2.75, 3.05) is 0 Å². The van der Waals surface area contributed by atoms with E-state index in [1.807, 2.05) is 12.1 Å². The number of carbonyl (C=O) groups is 1. The van der Waals surface area contributed by atoms with Gasteiger partial charge in [-0.1, -0.05) is 28.9 Å². The minimum Gasteiger partial charge on any atom is -0.350 e. The Kier molecular flexibility index (Phi) is 4.48. The molecule has 1 aromatic heterocycles. The maximum atomic E-state index is 11.7. The second-order valence-electron chi connectivity index (χ2n) is 4.01. The monoisotopic (exact) mass is 279 g/mol. The fourth-order valence-electron chi connectivity index (χ4n) is 1.52. The van der Waals surface area contributed by atoms with Crippen molar-refractivity contribution < 1.29 is 4.79 Å². The second-order valence-corrected chi connectivity index (χ2v) is 4.45. The molecule has 1 aromatic carbocycles. The Hall–Kier alpha value is -1.92. The van der Waals surface area contributed by atoms with E-state index in [4.69, 9.17) is 17.3 Å². The van der Waals surface area contributed by atoms with Crippen LogP contribution in [0.15, 0.2) is 30.5 Å². The maximum absolute atomic E-state index is 11.7. The van der Waals surface area contributed by atoms with Gasteiger partial charge in [-0.2, -0.15) is 0 Å². The summed E-state index contributed by atoms with van der Waals surface area (Å²) in [4.78, 5) is 11.7. The summed E-state index contributed by atoms with van der Waals surface area (Å²) in [7, 11) is 0. The van der Waals surface area contributed by atoms with Gasteiger partial charge in [-0.25, -0.2) is 4.68 Å². The van der Waals surface area contributed by atoms with Crippen LogP contribution in [0.3, 0.4) is 0 Å².